The maximum absolute atomic E-state index is 9.67. The Morgan fingerprint density at radius 2 is 1.90 bits per heavy atom. The maximum atomic E-state index is 9.67. The summed E-state index contributed by atoms with van der Waals surface area (Å²) in [7, 11) is 0. The molecule has 0 atom stereocenters. The third-order valence-electron chi connectivity index (χ3n) is 2.58. The molecule has 0 bridgehead atoms. The first-order chi connectivity index (χ1) is 9.63. The first-order valence-electron chi connectivity index (χ1n) is 5.57. The quantitative estimate of drug-likeness (QED) is 0.707. The van der Waals surface area contributed by atoms with Gasteiger partial charge in [-0.3, -0.25) is 4.98 Å². The van der Waals surface area contributed by atoms with Gasteiger partial charge < -0.3 is 9.63 Å². The lowest BCUT2D eigenvalue weighted by atomic mass is 10.2. The van der Waals surface area contributed by atoms with Crippen molar-refractivity contribution in [3.63, 3.8) is 0 Å². The van der Waals surface area contributed by atoms with Crippen molar-refractivity contribution < 1.29 is 9.63 Å². The number of halogens is 2. The summed E-state index contributed by atoms with van der Waals surface area (Å²) in [6.07, 6.45) is 3.33. The van der Waals surface area contributed by atoms with Crippen molar-refractivity contribution in [3.8, 4) is 28.6 Å². The van der Waals surface area contributed by atoms with Crippen LogP contribution in [0.5, 0.6) is 5.75 Å². The molecule has 1 N–H and O–H groups in total. The Labute approximate surface area is 130 Å². The summed E-state index contributed by atoms with van der Waals surface area (Å²) in [5, 5.41) is 13.6. The molecular formula is C13H7Br2N3O2. The van der Waals surface area contributed by atoms with Gasteiger partial charge in [0.05, 0.1) is 4.47 Å². The van der Waals surface area contributed by atoms with Crippen molar-refractivity contribution in [2.45, 2.75) is 0 Å². The van der Waals surface area contributed by atoms with Gasteiger partial charge in [-0.2, -0.15) is 4.98 Å². The molecule has 3 rings (SSSR count). The predicted octanol–water partition coefficient (Wildman–Crippen LogP) is 4.03. The van der Waals surface area contributed by atoms with E-state index in [2.05, 4.69) is 47.0 Å². The number of rotatable bonds is 2. The van der Waals surface area contributed by atoms with E-state index >= 15 is 0 Å². The SMILES string of the molecule is Oc1cc(-c2nc(-c3cncc(Br)c3)no2)ccc1Br. The third-order valence-corrected chi connectivity index (χ3v) is 3.69. The van der Waals surface area contributed by atoms with Gasteiger partial charge in [0.1, 0.15) is 5.75 Å². The number of phenolic OH excluding ortho intramolecular Hbond substituents is 1. The summed E-state index contributed by atoms with van der Waals surface area (Å²) < 4.78 is 6.65. The second-order valence-electron chi connectivity index (χ2n) is 3.98. The fourth-order valence-corrected chi connectivity index (χ4v) is 2.25. The summed E-state index contributed by atoms with van der Waals surface area (Å²) in [4.78, 5) is 8.35. The average Bonchev–Trinajstić information content (AvgIpc) is 2.92. The van der Waals surface area contributed by atoms with Gasteiger partial charge >= 0.3 is 0 Å². The Bertz CT molecular complexity index is 774. The van der Waals surface area contributed by atoms with Crippen LogP contribution in [0, 0.1) is 0 Å². The number of aromatic nitrogens is 3. The molecule has 0 fully saturated rings. The summed E-state index contributed by atoms with van der Waals surface area (Å²) in [6, 6.07) is 6.90. The van der Waals surface area contributed by atoms with Crippen LogP contribution in [0.1, 0.15) is 0 Å². The Morgan fingerprint density at radius 3 is 2.65 bits per heavy atom. The van der Waals surface area contributed by atoms with Gasteiger partial charge in [0, 0.05) is 28.0 Å². The van der Waals surface area contributed by atoms with Gasteiger partial charge in [-0.25, -0.2) is 0 Å². The molecule has 0 spiro atoms. The molecule has 5 nitrogen and oxygen atoms in total. The van der Waals surface area contributed by atoms with Crippen LogP contribution in [0.25, 0.3) is 22.8 Å². The van der Waals surface area contributed by atoms with E-state index in [9.17, 15) is 5.11 Å². The molecule has 20 heavy (non-hydrogen) atoms. The molecule has 2 aromatic heterocycles. The van der Waals surface area contributed by atoms with E-state index in [4.69, 9.17) is 4.52 Å². The predicted molar refractivity (Wildman–Crippen MR) is 80.0 cm³/mol. The topological polar surface area (TPSA) is 72.0 Å². The maximum Gasteiger partial charge on any atom is 0.258 e. The highest BCUT2D eigenvalue weighted by molar-refractivity contribution is 9.10. The van der Waals surface area contributed by atoms with Gasteiger partial charge in [0.15, 0.2) is 0 Å². The van der Waals surface area contributed by atoms with Crippen molar-refractivity contribution in [3.05, 3.63) is 45.6 Å². The summed E-state index contributed by atoms with van der Waals surface area (Å²) in [5.41, 5.74) is 1.39. The number of nitrogens with zero attached hydrogens (tertiary/aromatic N) is 3. The number of pyridine rings is 1. The van der Waals surface area contributed by atoms with E-state index in [1.807, 2.05) is 6.07 Å². The Kier molecular flexibility index (Phi) is 3.54. The summed E-state index contributed by atoms with van der Waals surface area (Å²) >= 11 is 6.56. The average molecular weight is 397 g/mol. The molecule has 0 unspecified atom stereocenters. The van der Waals surface area contributed by atoms with Crippen LogP contribution in [0.15, 0.2) is 50.1 Å². The highest BCUT2D eigenvalue weighted by atomic mass is 79.9. The van der Waals surface area contributed by atoms with E-state index in [1.54, 1.807) is 30.6 Å². The molecule has 3 aromatic rings. The molecule has 0 aliphatic rings. The number of hydrogen-bond donors (Lipinski definition) is 1. The molecule has 0 radical (unpaired) electrons. The molecule has 100 valence electrons. The minimum atomic E-state index is 0.117. The zero-order chi connectivity index (χ0) is 14.1. The van der Waals surface area contributed by atoms with Crippen LogP contribution in [0.3, 0.4) is 0 Å². The van der Waals surface area contributed by atoms with Gasteiger partial charge in [-0.05, 0) is 56.1 Å². The summed E-state index contributed by atoms with van der Waals surface area (Å²) in [5.74, 6) is 0.894. The van der Waals surface area contributed by atoms with E-state index < -0.39 is 0 Å². The number of benzene rings is 1. The standard InChI is InChI=1S/C13H7Br2N3O2/c14-9-3-8(5-16-6-9)12-17-13(20-18-12)7-1-2-10(15)11(19)4-7/h1-6,19H. The van der Waals surface area contributed by atoms with Gasteiger partial charge in [0.2, 0.25) is 5.82 Å². The smallest absolute Gasteiger partial charge is 0.258 e. The fourth-order valence-electron chi connectivity index (χ4n) is 1.64. The van der Waals surface area contributed by atoms with Crippen LogP contribution in [0.4, 0.5) is 0 Å². The lowest BCUT2D eigenvalue weighted by Gasteiger charge is -1.98. The first-order valence-corrected chi connectivity index (χ1v) is 7.15. The number of hydrogen-bond acceptors (Lipinski definition) is 5. The van der Waals surface area contributed by atoms with Crippen LogP contribution < -0.4 is 0 Å². The van der Waals surface area contributed by atoms with Crippen molar-refractivity contribution >= 4 is 31.9 Å². The minimum Gasteiger partial charge on any atom is -0.507 e. The van der Waals surface area contributed by atoms with E-state index in [0.717, 1.165) is 10.0 Å². The minimum absolute atomic E-state index is 0.117. The molecule has 1 aromatic carbocycles. The zero-order valence-corrected chi connectivity index (χ0v) is 13.1. The van der Waals surface area contributed by atoms with Gasteiger partial charge in [-0.1, -0.05) is 5.16 Å². The largest absolute Gasteiger partial charge is 0.507 e. The molecule has 0 saturated carbocycles. The van der Waals surface area contributed by atoms with Crippen molar-refractivity contribution in [1.82, 2.24) is 15.1 Å². The highest BCUT2D eigenvalue weighted by Crippen LogP contribution is 2.30. The molecular weight excluding hydrogens is 390 g/mol. The fraction of sp³-hybridized carbons (Fsp3) is 0. The van der Waals surface area contributed by atoms with Crippen molar-refractivity contribution in [2.24, 2.45) is 0 Å². The van der Waals surface area contributed by atoms with E-state index in [0.29, 0.717) is 21.8 Å². The second-order valence-corrected chi connectivity index (χ2v) is 5.75. The lowest BCUT2D eigenvalue weighted by Crippen LogP contribution is -1.83. The van der Waals surface area contributed by atoms with Crippen LogP contribution in [0.2, 0.25) is 0 Å². The molecule has 0 amide bonds. The van der Waals surface area contributed by atoms with E-state index in [-0.39, 0.29) is 5.75 Å². The summed E-state index contributed by atoms with van der Waals surface area (Å²) in [6.45, 7) is 0. The van der Waals surface area contributed by atoms with Gasteiger partial charge in [-0.15, -0.1) is 0 Å². The van der Waals surface area contributed by atoms with Gasteiger partial charge in [0.25, 0.3) is 5.89 Å². The Morgan fingerprint density at radius 1 is 1.05 bits per heavy atom. The molecule has 0 aliphatic heterocycles. The van der Waals surface area contributed by atoms with Crippen molar-refractivity contribution in [2.75, 3.05) is 0 Å². The Hall–Kier alpha value is -1.73. The highest BCUT2D eigenvalue weighted by Gasteiger charge is 2.12. The number of aromatic hydroxyl groups is 1. The molecule has 0 saturated heterocycles. The molecule has 0 aliphatic carbocycles. The monoisotopic (exact) mass is 395 g/mol. The van der Waals surface area contributed by atoms with Crippen LogP contribution >= 0.6 is 31.9 Å². The second kappa shape index (κ2) is 5.34. The lowest BCUT2D eigenvalue weighted by molar-refractivity contribution is 0.431. The van der Waals surface area contributed by atoms with E-state index in [1.165, 1.54) is 0 Å². The number of phenols is 1. The van der Waals surface area contributed by atoms with Crippen molar-refractivity contribution in [1.29, 1.82) is 0 Å². The molecule has 7 heteroatoms. The van der Waals surface area contributed by atoms with Crippen LogP contribution in [-0.4, -0.2) is 20.2 Å². The zero-order valence-electron chi connectivity index (χ0n) is 9.92. The molecule has 2 heterocycles. The van der Waals surface area contributed by atoms with Crippen LogP contribution in [-0.2, 0) is 0 Å². The Balaban J connectivity index is 1.99. The normalized spacial score (nSPS) is 10.7. The third kappa shape index (κ3) is 2.59. The first kappa shape index (κ1) is 13.3.